The van der Waals surface area contributed by atoms with Crippen LogP contribution in [0.1, 0.15) is 38.8 Å². The highest BCUT2D eigenvalue weighted by atomic mass is 35.5. The van der Waals surface area contributed by atoms with Crippen molar-refractivity contribution in [2.75, 3.05) is 10.6 Å². The molecule has 1 atom stereocenters. The summed E-state index contributed by atoms with van der Waals surface area (Å²) in [5.41, 5.74) is 8.53. The average molecular weight is 428 g/mol. The number of nitrogens with zero attached hydrogens (tertiary/aromatic N) is 4. The van der Waals surface area contributed by atoms with E-state index in [-0.39, 0.29) is 6.04 Å². The normalized spacial score (nSPS) is 20.0. The van der Waals surface area contributed by atoms with E-state index in [1.165, 1.54) is 4.68 Å². The van der Waals surface area contributed by atoms with Crippen LogP contribution in [-0.2, 0) is 0 Å². The van der Waals surface area contributed by atoms with Gasteiger partial charge in [-0.25, -0.2) is 9.67 Å². The first-order valence-electron chi connectivity index (χ1n) is 10.1. The van der Waals surface area contributed by atoms with Crippen molar-refractivity contribution in [3.63, 3.8) is 0 Å². The van der Waals surface area contributed by atoms with E-state index in [1.54, 1.807) is 25.5 Å². The zero-order valence-electron chi connectivity index (χ0n) is 16.8. The summed E-state index contributed by atoms with van der Waals surface area (Å²) in [6, 6.07) is 7.99. The van der Waals surface area contributed by atoms with Crippen LogP contribution < -0.4 is 16.4 Å². The van der Waals surface area contributed by atoms with E-state index in [0.717, 1.165) is 48.3 Å². The largest absolute Gasteiger partial charge is 0.372 e. The summed E-state index contributed by atoms with van der Waals surface area (Å²) in [5.74, 6) is 1.19. The van der Waals surface area contributed by atoms with Gasteiger partial charge in [-0.15, -0.1) is 0 Å². The van der Waals surface area contributed by atoms with Gasteiger partial charge in [-0.1, -0.05) is 17.7 Å². The lowest BCUT2D eigenvalue weighted by Crippen LogP contribution is -2.33. The molecular weight excluding hydrogens is 402 g/mol. The maximum Gasteiger partial charge on any atom is 0.229 e. The molecule has 0 bridgehead atoms. The van der Waals surface area contributed by atoms with Crippen molar-refractivity contribution in [1.29, 1.82) is 0 Å². The van der Waals surface area contributed by atoms with E-state index in [9.17, 15) is 5.11 Å². The number of rotatable bonds is 6. The van der Waals surface area contributed by atoms with Crippen molar-refractivity contribution in [2.24, 2.45) is 5.73 Å². The Kier molecular flexibility index (Phi) is 6.17. The Balaban J connectivity index is 1.64. The molecule has 1 fully saturated rings. The van der Waals surface area contributed by atoms with Crippen LogP contribution in [0, 0.1) is 0 Å². The first kappa shape index (κ1) is 20.6. The molecule has 0 saturated heterocycles. The molecule has 9 heteroatoms. The SMILES string of the molecule is CC(O)n1cc(-c2cnc(Nc3cccc(Cl)c3)nc2NC2CCC(N)CC2)cn1. The van der Waals surface area contributed by atoms with Gasteiger partial charge in [0.1, 0.15) is 12.0 Å². The van der Waals surface area contributed by atoms with Crippen LogP contribution in [-0.4, -0.2) is 36.9 Å². The Bertz CT molecular complexity index is 999. The number of aliphatic hydroxyl groups excluding tert-OH is 1. The van der Waals surface area contributed by atoms with Crippen LogP contribution in [0.2, 0.25) is 5.02 Å². The minimum atomic E-state index is -0.709. The summed E-state index contributed by atoms with van der Waals surface area (Å²) in [6.45, 7) is 1.66. The van der Waals surface area contributed by atoms with Crippen LogP contribution in [0.25, 0.3) is 11.1 Å². The lowest BCUT2D eigenvalue weighted by molar-refractivity contribution is 0.111. The van der Waals surface area contributed by atoms with Crippen molar-refractivity contribution < 1.29 is 5.11 Å². The second kappa shape index (κ2) is 8.99. The van der Waals surface area contributed by atoms with Gasteiger partial charge in [-0.3, -0.25) is 0 Å². The molecule has 0 radical (unpaired) electrons. The summed E-state index contributed by atoms with van der Waals surface area (Å²) >= 11 is 6.08. The summed E-state index contributed by atoms with van der Waals surface area (Å²) in [5, 5.41) is 21.4. The highest BCUT2D eigenvalue weighted by Gasteiger charge is 2.21. The van der Waals surface area contributed by atoms with Crippen LogP contribution >= 0.6 is 11.6 Å². The molecule has 1 aliphatic carbocycles. The van der Waals surface area contributed by atoms with Gasteiger partial charge in [0, 0.05) is 46.3 Å². The second-order valence-corrected chi connectivity index (χ2v) is 8.12. The molecule has 8 nitrogen and oxygen atoms in total. The molecule has 1 aliphatic rings. The van der Waals surface area contributed by atoms with Gasteiger partial charge < -0.3 is 21.5 Å². The molecule has 3 aromatic rings. The van der Waals surface area contributed by atoms with Crippen LogP contribution in [0.3, 0.4) is 0 Å². The smallest absolute Gasteiger partial charge is 0.229 e. The van der Waals surface area contributed by atoms with Crippen molar-refractivity contribution in [1.82, 2.24) is 19.7 Å². The van der Waals surface area contributed by atoms with Gasteiger partial charge >= 0.3 is 0 Å². The predicted octanol–water partition coefficient (Wildman–Crippen LogP) is 3.93. The third kappa shape index (κ3) is 4.89. The minimum absolute atomic E-state index is 0.275. The topological polar surface area (TPSA) is 114 Å². The number of aromatic nitrogens is 4. The van der Waals surface area contributed by atoms with Crippen molar-refractivity contribution >= 4 is 29.1 Å². The zero-order valence-corrected chi connectivity index (χ0v) is 17.5. The molecular formula is C21H26ClN7O. The lowest BCUT2D eigenvalue weighted by atomic mass is 9.91. The standard InChI is InChI=1S/C21H26ClN7O/c1-13(30)29-12-14(10-25-29)19-11-24-21(27-18-4-2-3-15(22)9-18)28-20(19)26-17-7-5-16(23)6-8-17/h2-4,9-13,16-17,30H,5-8,23H2,1H3,(H2,24,26,27,28). The van der Waals surface area contributed by atoms with Gasteiger partial charge in [0.2, 0.25) is 5.95 Å². The first-order valence-corrected chi connectivity index (χ1v) is 10.5. The minimum Gasteiger partial charge on any atom is -0.372 e. The zero-order chi connectivity index (χ0) is 21.1. The van der Waals surface area contributed by atoms with Gasteiger partial charge in [-0.05, 0) is 50.8 Å². The van der Waals surface area contributed by atoms with Gasteiger partial charge in [0.25, 0.3) is 0 Å². The first-order chi connectivity index (χ1) is 14.5. The number of benzene rings is 1. The number of anilines is 3. The van der Waals surface area contributed by atoms with Crippen molar-refractivity contribution in [2.45, 2.75) is 50.9 Å². The van der Waals surface area contributed by atoms with Crippen molar-refractivity contribution in [3.05, 3.63) is 47.9 Å². The Morgan fingerprint density at radius 2 is 2.03 bits per heavy atom. The van der Waals surface area contributed by atoms with Gasteiger partial charge in [-0.2, -0.15) is 10.1 Å². The highest BCUT2D eigenvalue weighted by Crippen LogP contribution is 2.30. The molecule has 4 rings (SSSR count). The Morgan fingerprint density at radius 1 is 1.23 bits per heavy atom. The van der Waals surface area contributed by atoms with Crippen LogP contribution in [0.4, 0.5) is 17.5 Å². The van der Waals surface area contributed by atoms with Gasteiger partial charge in [0.15, 0.2) is 0 Å². The van der Waals surface area contributed by atoms with E-state index in [0.29, 0.717) is 17.0 Å². The number of nitrogens with one attached hydrogen (secondary N) is 2. The number of nitrogens with two attached hydrogens (primary N) is 1. The molecule has 1 unspecified atom stereocenters. The second-order valence-electron chi connectivity index (χ2n) is 7.69. The molecule has 2 aromatic heterocycles. The fourth-order valence-corrected chi connectivity index (χ4v) is 3.79. The average Bonchev–Trinajstić information content (AvgIpc) is 3.20. The fraction of sp³-hybridized carbons (Fsp3) is 0.381. The third-order valence-electron chi connectivity index (χ3n) is 5.28. The maximum atomic E-state index is 9.79. The number of halogens is 1. The monoisotopic (exact) mass is 427 g/mol. The lowest BCUT2D eigenvalue weighted by Gasteiger charge is -2.28. The molecule has 0 amide bonds. The van der Waals surface area contributed by atoms with E-state index in [4.69, 9.17) is 22.3 Å². The molecule has 1 saturated carbocycles. The van der Waals surface area contributed by atoms with E-state index < -0.39 is 6.23 Å². The van der Waals surface area contributed by atoms with E-state index in [1.807, 2.05) is 24.3 Å². The summed E-state index contributed by atoms with van der Waals surface area (Å²) < 4.78 is 1.50. The molecule has 30 heavy (non-hydrogen) atoms. The number of aliphatic hydroxyl groups is 1. The Hall–Kier alpha value is -2.68. The molecule has 5 N–H and O–H groups in total. The Labute approximate surface area is 180 Å². The summed E-state index contributed by atoms with van der Waals surface area (Å²) in [6.07, 6.45) is 8.52. The number of hydrogen-bond donors (Lipinski definition) is 4. The predicted molar refractivity (Wildman–Crippen MR) is 119 cm³/mol. The van der Waals surface area contributed by atoms with Crippen LogP contribution in [0.15, 0.2) is 42.9 Å². The quantitative estimate of drug-likeness (QED) is 0.471. The number of hydrogen-bond acceptors (Lipinski definition) is 7. The van der Waals surface area contributed by atoms with E-state index in [2.05, 4.69) is 20.7 Å². The molecule has 158 valence electrons. The molecule has 0 spiro atoms. The maximum absolute atomic E-state index is 9.79. The van der Waals surface area contributed by atoms with Crippen molar-refractivity contribution in [3.8, 4) is 11.1 Å². The van der Waals surface area contributed by atoms with E-state index >= 15 is 0 Å². The van der Waals surface area contributed by atoms with Crippen LogP contribution in [0.5, 0.6) is 0 Å². The molecule has 0 aliphatic heterocycles. The summed E-state index contributed by atoms with van der Waals surface area (Å²) in [7, 11) is 0. The Morgan fingerprint density at radius 3 is 2.73 bits per heavy atom. The highest BCUT2D eigenvalue weighted by molar-refractivity contribution is 6.30. The molecule has 1 aromatic carbocycles. The third-order valence-corrected chi connectivity index (χ3v) is 5.51. The van der Waals surface area contributed by atoms with Gasteiger partial charge in [0.05, 0.1) is 6.20 Å². The molecule has 2 heterocycles. The fourth-order valence-electron chi connectivity index (χ4n) is 3.60. The summed E-state index contributed by atoms with van der Waals surface area (Å²) in [4.78, 5) is 9.21.